The highest BCUT2D eigenvalue weighted by Gasteiger charge is 2.20. The van der Waals surface area contributed by atoms with Gasteiger partial charge in [-0.05, 0) is 24.3 Å². The van der Waals surface area contributed by atoms with Crippen molar-refractivity contribution in [3.05, 3.63) is 47.2 Å². The molecule has 0 atom stereocenters. The molecule has 0 saturated carbocycles. The highest BCUT2D eigenvalue weighted by molar-refractivity contribution is 6.30. The number of anilines is 2. The minimum Gasteiger partial charge on any atom is -0.488 e. The Morgan fingerprint density at radius 3 is 2.86 bits per heavy atom. The van der Waals surface area contributed by atoms with Crippen molar-refractivity contribution in [2.75, 3.05) is 25.1 Å². The van der Waals surface area contributed by atoms with Crippen molar-refractivity contribution in [1.82, 2.24) is 19.7 Å². The van der Waals surface area contributed by atoms with Crippen LogP contribution in [0.25, 0.3) is 11.4 Å². The number of benzene rings is 1. The van der Waals surface area contributed by atoms with E-state index in [1.165, 1.54) is 29.1 Å². The van der Waals surface area contributed by atoms with Gasteiger partial charge in [-0.15, -0.1) is 5.10 Å². The average Bonchev–Trinajstić information content (AvgIpc) is 2.99. The van der Waals surface area contributed by atoms with Crippen LogP contribution in [-0.2, 0) is 11.8 Å². The van der Waals surface area contributed by atoms with Gasteiger partial charge in [0.15, 0.2) is 11.6 Å². The number of rotatable bonds is 6. The van der Waals surface area contributed by atoms with Crippen molar-refractivity contribution < 1.29 is 18.3 Å². The molecule has 4 rings (SSSR count). The lowest BCUT2D eigenvalue weighted by Crippen LogP contribution is -2.32. The first-order chi connectivity index (χ1) is 13.5. The third-order valence-electron chi connectivity index (χ3n) is 4.19. The molecule has 2 aromatic heterocycles. The van der Waals surface area contributed by atoms with E-state index in [4.69, 9.17) is 21.1 Å². The normalized spacial score (nSPS) is 14.0. The summed E-state index contributed by atoms with van der Waals surface area (Å²) < 4.78 is 39.6. The molecule has 3 heterocycles. The molecular formula is C18H16ClF2N5O2. The Morgan fingerprint density at radius 1 is 1.32 bits per heavy atom. The van der Waals surface area contributed by atoms with Crippen LogP contribution in [0.1, 0.15) is 0 Å². The van der Waals surface area contributed by atoms with Crippen LogP contribution in [0.3, 0.4) is 0 Å². The van der Waals surface area contributed by atoms with Crippen molar-refractivity contribution in [3.63, 3.8) is 0 Å². The predicted octanol–water partition coefficient (Wildman–Crippen LogP) is 3.58. The number of pyridine rings is 1. The van der Waals surface area contributed by atoms with Crippen LogP contribution < -0.4 is 10.1 Å². The van der Waals surface area contributed by atoms with Gasteiger partial charge in [0.25, 0.3) is 5.95 Å². The smallest absolute Gasteiger partial charge is 0.255 e. The van der Waals surface area contributed by atoms with Crippen molar-refractivity contribution in [2.24, 2.45) is 13.0 Å². The van der Waals surface area contributed by atoms with Gasteiger partial charge in [-0.1, -0.05) is 11.6 Å². The zero-order valence-corrected chi connectivity index (χ0v) is 15.6. The summed E-state index contributed by atoms with van der Waals surface area (Å²) in [6, 6.07) is 5.82. The highest BCUT2D eigenvalue weighted by Crippen LogP contribution is 2.26. The molecule has 7 nitrogen and oxygen atoms in total. The molecule has 10 heteroatoms. The van der Waals surface area contributed by atoms with Crippen LogP contribution in [0.2, 0.25) is 5.02 Å². The number of halogens is 3. The highest BCUT2D eigenvalue weighted by atomic mass is 35.5. The number of hydrogen-bond acceptors (Lipinski definition) is 6. The van der Waals surface area contributed by atoms with Gasteiger partial charge in [0.1, 0.15) is 5.82 Å². The van der Waals surface area contributed by atoms with Gasteiger partial charge in [-0.2, -0.15) is 9.37 Å². The van der Waals surface area contributed by atoms with Gasteiger partial charge in [-0.25, -0.2) is 14.1 Å². The molecule has 1 aliphatic heterocycles. The number of nitrogens with zero attached hydrogens (tertiary/aromatic N) is 4. The summed E-state index contributed by atoms with van der Waals surface area (Å²) in [6.07, 6.45) is 1.33. The quantitative estimate of drug-likeness (QED) is 0.630. The summed E-state index contributed by atoms with van der Waals surface area (Å²) in [5.74, 6) is -0.262. The van der Waals surface area contributed by atoms with E-state index in [0.717, 1.165) is 0 Å². The first kappa shape index (κ1) is 18.6. The van der Waals surface area contributed by atoms with Crippen LogP contribution in [0.15, 0.2) is 30.5 Å². The average molecular weight is 408 g/mol. The van der Waals surface area contributed by atoms with E-state index in [0.29, 0.717) is 42.8 Å². The SMILES string of the molecule is Cn1nc(-c2cnc(F)c(OCC3COC3)c2)nc1Nc1ccc(Cl)c(F)c1. The summed E-state index contributed by atoms with van der Waals surface area (Å²) in [7, 11) is 1.68. The number of nitrogens with one attached hydrogen (secondary N) is 1. The molecule has 1 fully saturated rings. The van der Waals surface area contributed by atoms with Crippen molar-refractivity contribution >= 4 is 23.2 Å². The molecule has 0 bridgehead atoms. The Balaban J connectivity index is 1.54. The molecule has 0 spiro atoms. The Labute approximate surface area is 164 Å². The fraction of sp³-hybridized carbons (Fsp3) is 0.278. The van der Waals surface area contributed by atoms with Crippen LogP contribution in [0.5, 0.6) is 5.75 Å². The van der Waals surface area contributed by atoms with E-state index in [9.17, 15) is 8.78 Å². The minimum atomic E-state index is -0.699. The number of aryl methyl sites for hydroxylation is 1. The van der Waals surface area contributed by atoms with Gasteiger partial charge in [0.2, 0.25) is 5.95 Å². The molecule has 1 N–H and O–H groups in total. The van der Waals surface area contributed by atoms with Gasteiger partial charge >= 0.3 is 0 Å². The zero-order valence-electron chi connectivity index (χ0n) is 14.8. The monoisotopic (exact) mass is 407 g/mol. The number of ether oxygens (including phenoxy) is 2. The van der Waals surface area contributed by atoms with Crippen LogP contribution >= 0.6 is 11.6 Å². The van der Waals surface area contributed by atoms with E-state index in [-0.39, 0.29) is 16.7 Å². The first-order valence-corrected chi connectivity index (χ1v) is 8.87. The fourth-order valence-corrected chi connectivity index (χ4v) is 2.68. The molecule has 3 aromatic rings. The molecule has 1 aliphatic rings. The summed E-state index contributed by atoms with van der Waals surface area (Å²) in [5, 5.41) is 7.29. The summed E-state index contributed by atoms with van der Waals surface area (Å²) in [4.78, 5) is 8.09. The van der Waals surface area contributed by atoms with E-state index in [1.807, 2.05) is 0 Å². The maximum absolute atomic E-state index is 13.9. The molecular weight excluding hydrogens is 392 g/mol. The van der Waals surface area contributed by atoms with Crippen LogP contribution in [-0.4, -0.2) is 39.6 Å². The van der Waals surface area contributed by atoms with Crippen molar-refractivity contribution in [1.29, 1.82) is 0 Å². The van der Waals surface area contributed by atoms with Crippen LogP contribution in [0.4, 0.5) is 20.4 Å². The lowest BCUT2D eigenvalue weighted by molar-refractivity contribution is -0.0513. The van der Waals surface area contributed by atoms with E-state index >= 15 is 0 Å². The Bertz CT molecular complexity index is 1010. The van der Waals surface area contributed by atoms with E-state index < -0.39 is 11.8 Å². The maximum Gasteiger partial charge on any atom is 0.255 e. The van der Waals surface area contributed by atoms with E-state index in [1.54, 1.807) is 13.1 Å². The first-order valence-electron chi connectivity index (χ1n) is 8.49. The fourth-order valence-electron chi connectivity index (χ4n) is 2.56. The summed E-state index contributed by atoms with van der Waals surface area (Å²) >= 11 is 5.69. The number of aromatic nitrogens is 4. The van der Waals surface area contributed by atoms with Gasteiger partial charge in [-0.3, -0.25) is 0 Å². The Kier molecular flexibility index (Phi) is 5.10. The molecule has 146 valence electrons. The third kappa shape index (κ3) is 3.90. The summed E-state index contributed by atoms with van der Waals surface area (Å²) in [6.45, 7) is 1.57. The second-order valence-electron chi connectivity index (χ2n) is 6.36. The van der Waals surface area contributed by atoms with Crippen molar-refractivity contribution in [2.45, 2.75) is 0 Å². The molecule has 1 aromatic carbocycles. The van der Waals surface area contributed by atoms with Crippen LogP contribution in [0, 0.1) is 17.7 Å². The van der Waals surface area contributed by atoms with Gasteiger partial charge in [0.05, 0.1) is 24.8 Å². The Hall–Kier alpha value is -2.78. The van der Waals surface area contributed by atoms with Crippen molar-refractivity contribution in [3.8, 4) is 17.1 Å². The topological polar surface area (TPSA) is 74.1 Å². The largest absolute Gasteiger partial charge is 0.488 e. The second kappa shape index (κ2) is 7.69. The molecule has 0 radical (unpaired) electrons. The zero-order chi connectivity index (χ0) is 19.7. The summed E-state index contributed by atoms with van der Waals surface area (Å²) in [5.41, 5.74) is 0.958. The lowest BCUT2D eigenvalue weighted by atomic mass is 10.1. The second-order valence-corrected chi connectivity index (χ2v) is 6.77. The van der Waals surface area contributed by atoms with E-state index in [2.05, 4.69) is 20.4 Å². The maximum atomic E-state index is 13.9. The molecule has 0 unspecified atom stereocenters. The van der Waals surface area contributed by atoms with Gasteiger partial charge in [0, 0.05) is 30.4 Å². The minimum absolute atomic E-state index is 0.0302. The molecule has 28 heavy (non-hydrogen) atoms. The van der Waals surface area contributed by atoms with Gasteiger partial charge < -0.3 is 14.8 Å². The Morgan fingerprint density at radius 2 is 2.14 bits per heavy atom. The standard InChI is InChI=1S/C18H16ClF2N5O2/c1-26-18(23-12-2-3-13(19)14(20)5-12)24-17(25-26)11-4-15(16(21)22-6-11)28-9-10-7-27-8-10/h2-6,10H,7-9H2,1H3,(H,23,24,25). The number of hydrogen-bond donors (Lipinski definition) is 1. The molecule has 0 aliphatic carbocycles. The molecule has 1 saturated heterocycles. The third-order valence-corrected chi connectivity index (χ3v) is 4.49. The lowest BCUT2D eigenvalue weighted by Gasteiger charge is -2.25. The molecule has 0 amide bonds. The predicted molar refractivity (Wildman–Crippen MR) is 98.7 cm³/mol.